The van der Waals surface area contributed by atoms with E-state index in [9.17, 15) is 0 Å². The fraction of sp³-hybridized carbons (Fsp3) is 0.471. The molecule has 1 aromatic carbocycles. The fourth-order valence-electron chi connectivity index (χ4n) is 3.63. The van der Waals surface area contributed by atoms with Crippen molar-refractivity contribution in [3.05, 3.63) is 29.2 Å². The molecule has 5 heteroatoms. The normalized spacial score (nSPS) is 26.2. The Balaban J connectivity index is 1.73. The minimum absolute atomic E-state index is 0.469. The summed E-state index contributed by atoms with van der Waals surface area (Å²) in [6, 6.07) is 6.96. The average Bonchev–Trinajstić information content (AvgIpc) is 3.13. The Morgan fingerprint density at radius 3 is 2.86 bits per heavy atom. The lowest BCUT2D eigenvalue weighted by Gasteiger charge is -2.32. The minimum Gasteiger partial charge on any atom is -0.497 e. The maximum atomic E-state index is 5.57. The van der Waals surface area contributed by atoms with Crippen LogP contribution >= 0.6 is 11.8 Å². The summed E-state index contributed by atoms with van der Waals surface area (Å²) in [6.45, 7) is 0. The van der Waals surface area contributed by atoms with Crippen LogP contribution in [0.25, 0.3) is 5.70 Å². The Labute approximate surface area is 135 Å². The lowest BCUT2D eigenvalue weighted by Crippen LogP contribution is -2.38. The van der Waals surface area contributed by atoms with Gasteiger partial charge in [-0.3, -0.25) is 4.99 Å². The highest BCUT2D eigenvalue weighted by Crippen LogP contribution is 2.46. The van der Waals surface area contributed by atoms with Gasteiger partial charge in [0.25, 0.3) is 0 Å². The van der Waals surface area contributed by atoms with Crippen LogP contribution in [-0.4, -0.2) is 36.4 Å². The van der Waals surface area contributed by atoms with Gasteiger partial charge in [-0.2, -0.15) is 0 Å². The summed E-state index contributed by atoms with van der Waals surface area (Å²) in [5.74, 6) is 1.74. The van der Waals surface area contributed by atoms with Crippen LogP contribution in [0, 0.1) is 0 Å². The standard InChI is InChI=1S/C17H20N2O2S/c1-20-11-7-8-16(21-2)12(9-11)15-10-22-17-18-13-5-3-4-6-14(13)19(15)17/h7-10,13-14H,3-6H2,1-2H3/t13-,14+/m0/s1. The summed E-state index contributed by atoms with van der Waals surface area (Å²) in [7, 11) is 3.42. The number of amidine groups is 1. The topological polar surface area (TPSA) is 34.1 Å². The van der Waals surface area contributed by atoms with Crippen molar-refractivity contribution in [2.75, 3.05) is 14.2 Å². The first-order valence-electron chi connectivity index (χ1n) is 7.78. The van der Waals surface area contributed by atoms with Gasteiger partial charge in [0.2, 0.25) is 0 Å². The van der Waals surface area contributed by atoms with Gasteiger partial charge in [-0.25, -0.2) is 0 Å². The highest BCUT2D eigenvalue weighted by Gasteiger charge is 2.42. The zero-order valence-electron chi connectivity index (χ0n) is 12.9. The molecule has 0 spiro atoms. The number of methoxy groups -OCH3 is 2. The van der Waals surface area contributed by atoms with E-state index in [1.165, 1.54) is 31.4 Å². The molecule has 0 bridgehead atoms. The number of aliphatic imine (C=N–C) groups is 1. The molecule has 2 heterocycles. The second kappa shape index (κ2) is 5.54. The Hall–Kier alpha value is -1.62. The Bertz CT molecular complexity index is 656. The van der Waals surface area contributed by atoms with Gasteiger partial charge in [-0.15, -0.1) is 0 Å². The van der Waals surface area contributed by atoms with E-state index in [4.69, 9.17) is 14.5 Å². The molecule has 0 amide bonds. The van der Waals surface area contributed by atoms with Gasteiger partial charge >= 0.3 is 0 Å². The molecule has 4 rings (SSSR count). The summed E-state index contributed by atoms with van der Waals surface area (Å²) >= 11 is 1.73. The summed E-state index contributed by atoms with van der Waals surface area (Å²) in [4.78, 5) is 7.35. The monoisotopic (exact) mass is 316 g/mol. The van der Waals surface area contributed by atoms with Crippen LogP contribution in [0.5, 0.6) is 11.5 Å². The molecule has 0 saturated heterocycles. The molecule has 22 heavy (non-hydrogen) atoms. The zero-order chi connectivity index (χ0) is 15.1. The summed E-state index contributed by atoms with van der Waals surface area (Å²) in [6.07, 6.45) is 5.04. The molecule has 116 valence electrons. The van der Waals surface area contributed by atoms with Crippen LogP contribution in [0.15, 0.2) is 28.6 Å². The van der Waals surface area contributed by atoms with E-state index in [2.05, 4.69) is 16.4 Å². The predicted octanol–water partition coefficient (Wildman–Crippen LogP) is 3.73. The summed E-state index contributed by atoms with van der Waals surface area (Å²) < 4.78 is 11.0. The van der Waals surface area contributed by atoms with Gasteiger partial charge in [0.1, 0.15) is 11.5 Å². The van der Waals surface area contributed by atoms with Crippen molar-refractivity contribution in [3.63, 3.8) is 0 Å². The Kier molecular flexibility index (Phi) is 3.53. The molecule has 1 saturated carbocycles. The van der Waals surface area contributed by atoms with Crippen LogP contribution in [-0.2, 0) is 0 Å². The number of fused-ring (bicyclic) bond motifs is 3. The second-order valence-electron chi connectivity index (χ2n) is 5.89. The molecule has 2 atom stereocenters. The van der Waals surface area contributed by atoms with Gasteiger partial charge in [0, 0.05) is 11.0 Å². The van der Waals surface area contributed by atoms with Gasteiger partial charge in [-0.1, -0.05) is 24.6 Å². The number of benzene rings is 1. The van der Waals surface area contributed by atoms with Crippen molar-refractivity contribution in [1.29, 1.82) is 0 Å². The first kappa shape index (κ1) is 14.0. The fourth-order valence-corrected chi connectivity index (χ4v) is 4.63. The number of ether oxygens (including phenoxy) is 2. The highest BCUT2D eigenvalue weighted by atomic mass is 32.2. The molecule has 2 aliphatic heterocycles. The van der Waals surface area contributed by atoms with Crippen LogP contribution < -0.4 is 9.47 Å². The Morgan fingerprint density at radius 1 is 1.18 bits per heavy atom. The van der Waals surface area contributed by atoms with E-state index in [-0.39, 0.29) is 0 Å². The van der Waals surface area contributed by atoms with E-state index < -0.39 is 0 Å². The number of hydrogen-bond acceptors (Lipinski definition) is 5. The van der Waals surface area contributed by atoms with Crippen LogP contribution in [0.1, 0.15) is 31.2 Å². The van der Waals surface area contributed by atoms with Crippen molar-refractivity contribution < 1.29 is 9.47 Å². The molecule has 0 N–H and O–H groups in total. The van der Waals surface area contributed by atoms with Crippen LogP contribution in [0.2, 0.25) is 0 Å². The number of rotatable bonds is 3. The number of nitrogens with zero attached hydrogens (tertiary/aromatic N) is 2. The van der Waals surface area contributed by atoms with Gasteiger partial charge in [0.15, 0.2) is 5.17 Å². The molecule has 0 radical (unpaired) electrons. The molecule has 3 aliphatic rings. The molecule has 1 aromatic rings. The molecule has 4 nitrogen and oxygen atoms in total. The van der Waals surface area contributed by atoms with Gasteiger partial charge < -0.3 is 14.4 Å². The first-order chi connectivity index (χ1) is 10.8. The molecular weight excluding hydrogens is 296 g/mol. The van der Waals surface area contributed by atoms with Gasteiger partial charge in [0.05, 0.1) is 32.0 Å². The second-order valence-corrected chi connectivity index (χ2v) is 6.72. The lowest BCUT2D eigenvalue weighted by molar-refractivity contribution is 0.304. The van der Waals surface area contributed by atoms with E-state index in [0.717, 1.165) is 22.2 Å². The van der Waals surface area contributed by atoms with Crippen LogP contribution in [0.3, 0.4) is 0 Å². The number of hydrogen-bond donors (Lipinski definition) is 0. The minimum atomic E-state index is 0.469. The molecule has 1 fully saturated rings. The van der Waals surface area contributed by atoms with Crippen molar-refractivity contribution >= 4 is 22.6 Å². The summed E-state index contributed by atoms with van der Waals surface area (Å²) in [5.41, 5.74) is 2.29. The third kappa shape index (κ3) is 2.10. The summed E-state index contributed by atoms with van der Waals surface area (Å²) in [5, 5.41) is 3.35. The molecule has 1 aliphatic carbocycles. The van der Waals surface area contributed by atoms with Crippen molar-refractivity contribution in [3.8, 4) is 11.5 Å². The van der Waals surface area contributed by atoms with Crippen LogP contribution in [0.4, 0.5) is 0 Å². The third-order valence-corrected chi connectivity index (χ3v) is 5.58. The van der Waals surface area contributed by atoms with Crippen molar-refractivity contribution in [2.24, 2.45) is 4.99 Å². The largest absolute Gasteiger partial charge is 0.497 e. The van der Waals surface area contributed by atoms with Crippen molar-refractivity contribution in [1.82, 2.24) is 4.90 Å². The van der Waals surface area contributed by atoms with E-state index in [1.807, 2.05) is 12.1 Å². The quantitative estimate of drug-likeness (QED) is 0.851. The molecule has 0 unspecified atom stereocenters. The Morgan fingerprint density at radius 2 is 2.05 bits per heavy atom. The smallest absolute Gasteiger partial charge is 0.168 e. The third-order valence-electron chi connectivity index (χ3n) is 4.73. The lowest BCUT2D eigenvalue weighted by atomic mass is 9.90. The SMILES string of the molecule is COc1ccc(OC)c(C2=CSC3=N[C@H]4CCCC[C@H]4N23)c1. The van der Waals surface area contributed by atoms with Crippen molar-refractivity contribution in [2.45, 2.75) is 37.8 Å². The zero-order valence-corrected chi connectivity index (χ0v) is 13.7. The maximum absolute atomic E-state index is 5.57. The van der Waals surface area contributed by atoms with Gasteiger partial charge in [-0.05, 0) is 31.0 Å². The predicted molar refractivity (Wildman–Crippen MR) is 90.4 cm³/mol. The number of thioether (sulfide) groups is 1. The maximum Gasteiger partial charge on any atom is 0.168 e. The van der Waals surface area contributed by atoms with E-state index in [0.29, 0.717) is 12.1 Å². The first-order valence-corrected chi connectivity index (χ1v) is 8.66. The average molecular weight is 316 g/mol. The molecule has 0 aromatic heterocycles. The van der Waals surface area contributed by atoms with E-state index >= 15 is 0 Å². The van der Waals surface area contributed by atoms with E-state index in [1.54, 1.807) is 26.0 Å². The molecular formula is C17H20N2O2S. The highest BCUT2D eigenvalue weighted by molar-refractivity contribution is 8.16.